The number of aromatic amines is 1. The number of benzene rings is 3. The number of halogens is 1. The number of nitrogens with zero attached hydrogens (tertiary/aromatic N) is 2. The van der Waals surface area contributed by atoms with Crippen LogP contribution >= 0.6 is 0 Å². The molecule has 1 N–H and O–H groups in total. The van der Waals surface area contributed by atoms with Crippen molar-refractivity contribution in [1.82, 2.24) is 14.9 Å². The number of para-hydroxylation sites is 1. The minimum atomic E-state index is -0.265. The molecule has 0 unspecified atom stereocenters. The van der Waals surface area contributed by atoms with Crippen molar-refractivity contribution in [3.8, 4) is 11.4 Å². The van der Waals surface area contributed by atoms with Crippen molar-refractivity contribution in [2.75, 3.05) is 6.54 Å². The molecule has 0 spiro atoms. The fraction of sp³-hybridized carbons (Fsp3) is 0.200. The minimum Gasteiger partial charge on any atom is -0.353 e. The zero-order valence-electron chi connectivity index (χ0n) is 19.4. The van der Waals surface area contributed by atoms with E-state index in [0.29, 0.717) is 25.8 Å². The Bertz CT molecular complexity index is 1550. The maximum absolute atomic E-state index is 14.2. The molecule has 1 aliphatic rings. The fourth-order valence-electron chi connectivity index (χ4n) is 5.19. The smallest absolute Gasteiger partial charge is 0.222 e. The molecule has 174 valence electrons. The molecule has 6 rings (SSSR count). The highest BCUT2D eigenvalue weighted by molar-refractivity contribution is 5.91. The van der Waals surface area contributed by atoms with E-state index in [9.17, 15) is 9.18 Å². The second-order valence-corrected chi connectivity index (χ2v) is 9.25. The van der Waals surface area contributed by atoms with Gasteiger partial charge in [0.15, 0.2) is 0 Å². The van der Waals surface area contributed by atoms with Crippen LogP contribution in [0.3, 0.4) is 0 Å². The first kappa shape index (κ1) is 21.5. The third kappa shape index (κ3) is 4.18. The molecule has 2 aromatic heterocycles. The molecule has 5 heteroatoms. The number of pyridine rings is 1. The van der Waals surface area contributed by atoms with E-state index >= 15 is 0 Å². The second kappa shape index (κ2) is 8.99. The standard InChI is InChI=1S/C30H26FN3O/c31-23-13-15-27-25(18-23)24(30(33-27)28-14-12-21-7-3-4-10-26(21)32-28)9-5-11-29(35)34-17-16-20-6-1-2-8-22(20)19-34/h1-4,6-8,10,12-15,18,33H,5,9,11,16-17,19H2. The van der Waals surface area contributed by atoms with Crippen LogP contribution in [0.2, 0.25) is 0 Å². The van der Waals surface area contributed by atoms with Crippen LogP contribution in [0.5, 0.6) is 0 Å². The topological polar surface area (TPSA) is 49.0 Å². The number of nitrogens with one attached hydrogen (secondary N) is 1. The fourth-order valence-corrected chi connectivity index (χ4v) is 5.19. The average Bonchev–Trinajstić information content (AvgIpc) is 3.25. The van der Waals surface area contributed by atoms with Crippen LogP contribution in [-0.4, -0.2) is 27.3 Å². The number of carbonyl (C=O) groups is 1. The normalized spacial score (nSPS) is 13.3. The summed E-state index contributed by atoms with van der Waals surface area (Å²) < 4.78 is 14.2. The van der Waals surface area contributed by atoms with E-state index in [1.807, 2.05) is 41.3 Å². The lowest BCUT2D eigenvalue weighted by Gasteiger charge is -2.29. The Kier molecular flexibility index (Phi) is 5.53. The quantitative estimate of drug-likeness (QED) is 0.327. The lowest BCUT2D eigenvalue weighted by Crippen LogP contribution is -2.35. The zero-order valence-corrected chi connectivity index (χ0v) is 19.4. The van der Waals surface area contributed by atoms with Gasteiger partial charge in [-0.2, -0.15) is 0 Å². The van der Waals surface area contributed by atoms with Crippen molar-refractivity contribution in [1.29, 1.82) is 0 Å². The van der Waals surface area contributed by atoms with Gasteiger partial charge in [0.05, 0.1) is 16.9 Å². The van der Waals surface area contributed by atoms with Gasteiger partial charge in [-0.05, 0) is 66.3 Å². The van der Waals surface area contributed by atoms with Crippen molar-refractivity contribution in [3.63, 3.8) is 0 Å². The second-order valence-electron chi connectivity index (χ2n) is 9.25. The maximum atomic E-state index is 14.2. The maximum Gasteiger partial charge on any atom is 0.222 e. The summed E-state index contributed by atoms with van der Waals surface area (Å²) in [5, 5.41) is 1.93. The molecule has 0 fully saturated rings. The molecule has 35 heavy (non-hydrogen) atoms. The van der Waals surface area contributed by atoms with Gasteiger partial charge in [-0.25, -0.2) is 9.37 Å². The van der Waals surface area contributed by atoms with Gasteiger partial charge in [0.1, 0.15) is 5.82 Å². The lowest BCUT2D eigenvalue weighted by molar-refractivity contribution is -0.132. The Morgan fingerprint density at radius 3 is 2.71 bits per heavy atom. The van der Waals surface area contributed by atoms with Crippen molar-refractivity contribution in [2.45, 2.75) is 32.2 Å². The number of H-pyrrole nitrogens is 1. The van der Waals surface area contributed by atoms with E-state index < -0.39 is 0 Å². The van der Waals surface area contributed by atoms with Gasteiger partial charge in [-0.3, -0.25) is 4.79 Å². The van der Waals surface area contributed by atoms with Gasteiger partial charge in [0, 0.05) is 35.8 Å². The first-order valence-corrected chi connectivity index (χ1v) is 12.2. The molecule has 0 atom stereocenters. The Morgan fingerprint density at radius 1 is 0.971 bits per heavy atom. The molecule has 1 aliphatic heterocycles. The summed E-state index contributed by atoms with van der Waals surface area (Å²) in [7, 11) is 0. The summed E-state index contributed by atoms with van der Waals surface area (Å²) >= 11 is 0. The van der Waals surface area contributed by atoms with E-state index in [2.05, 4.69) is 29.2 Å². The average molecular weight is 464 g/mol. The number of hydrogen-bond acceptors (Lipinski definition) is 2. The Hall–Kier alpha value is -3.99. The predicted octanol–water partition coefficient (Wildman–Crippen LogP) is 6.43. The van der Waals surface area contributed by atoms with Gasteiger partial charge < -0.3 is 9.88 Å². The van der Waals surface area contributed by atoms with E-state index in [1.54, 1.807) is 12.1 Å². The monoisotopic (exact) mass is 463 g/mol. The molecule has 1 amide bonds. The molecular formula is C30H26FN3O. The van der Waals surface area contributed by atoms with Gasteiger partial charge in [0.2, 0.25) is 5.91 Å². The van der Waals surface area contributed by atoms with Crippen LogP contribution in [0.25, 0.3) is 33.2 Å². The summed E-state index contributed by atoms with van der Waals surface area (Å²) in [4.78, 5) is 23.3. The zero-order chi connectivity index (χ0) is 23.8. The van der Waals surface area contributed by atoms with Crippen LogP contribution in [0.4, 0.5) is 4.39 Å². The molecule has 4 nitrogen and oxygen atoms in total. The van der Waals surface area contributed by atoms with Crippen LogP contribution in [0.15, 0.2) is 78.9 Å². The molecule has 0 bridgehead atoms. The number of carbonyl (C=O) groups excluding carboxylic acids is 1. The van der Waals surface area contributed by atoms with E-state index in [-0.39, 0.29) is 11.7 Å². The van der Waals surface area contributed by atoms with Gasteiger partial charge in [-0.15, -0.1) is 0 Å². The molecule has 0 aliphatic carbocycles. The highest BCUT2D eigenvalue weighted by atomic mass is 19.1. The SMILES string of the molecule is O=C(CCCc1c(-c2ccc3ccccc3n2)[nH]c2ccc(F)cc12)N1CCc2ccccc2C1. The summed E-state index contributed by atoms with van der Waals surface area (Å²) in [6.07, 6.45) is 2.74. The summed E-state index contributed by atoms with van der Waals surface area (Å²) in [5.41, 5.74) is 7.12. The Balaban J connectivity index is 1.25. The summed E-state index contributed by atoms with van der Waals surface area (Å²) in [6.45, 7) is 1.44. The Morgan fingerprint density at radius 2 is 1.80 bits per heavy atom. The number of aromatic nitrogens is 2. The van der Waals surface area contributed by atoms with Gasteiger partial charge in [0.25, 0.3) is 0 Å². The minimum absolute atomic E-state index is 0.177. The molecule has 0 saturated carbocycles. The number of aryl methyl sites for hydroxylation is 1. The third-order valence-electron chi connectivity index (χ3n) is 7.02. The van der Waals surface area contributed by atoms with Crippen molar-refractivity contribution >= 4 is 27.7 Å². The van der Waals surface area contributed by atoms with Gasteiger partial charge >= 0.3 is 0 Å². The molecule has 3 aromatic carbocycles. The van der Waals surface area contributed by atoms with Crippen LogP contribution in [0.1, 0.15) is 29.5 Å². The molecule has 5 aromatic rings. The molecule has 3 heterocycles. The molecule has 0 radical (unpaired) electrons. The first-order valence-electron chi connectivity index (χ1n) is 12.2. The number of rotatable bonds is 5. The highest BCUT2D eigenvalue weighted by Crippen LogP contribution is 2.32. The summed E-state index contributed by atoms with van der Waals surface area (Å²) in [6, 6.07) is 25.2. The Labute approximate surface area is 203 Å². The largest absolute Gasteiger partial charge is 0.353 e. The van der Waals surface area contributed by atoms with Crippen molar-refractivity contribution in [2.24, 2.45) is 0 Å². The van der Waals surface area contributed by atoms with Crippen molar-refractivity contribution < 1.29 is 9.18 Å². The highest BCUT2D eigenvalue weighted by Gasteiger charge is 2.21. The van der Waals surface area contributed by atoms with Crippen LogP contribution in [0, 0.1) is 5.82 Å². The number of fused-ring (bicyclic) bond motifs is 3. The number of hydrogen-bond donors (Lipinski definition) is 1. The number of amides is 1. The summed E-state index contributed by atoms with van der Waals surface area (Å²) in [5.74, 6) is -0.0882. The molecular weight excluding hydrogens is 437 g/mol. The van der Waals surface area contributed by atoms with Gasteiger partial charge in [-0.1, -0.05) is 48.5 Å². The van der Waals surface area contributed by atoms with E-state index in [0.717, 1.165) is 51.7 Å². The van der Waals surface area contributed by atoms with Crippen molar-refractivity contribution in [3.05, 3.63) is 101 Å². The third-order valence-corrected chi connectivity index (χ3v) is 7.02. The van der Waals surface area contributed by atoms with E-state index in [1.165, 1.54) is 17.2 Å². The predicted molar refractivity (Wildman–Crippen MR) is 137 cm³/mol. The van der Waals surface area contributed by atoms with Crippen LogP contribution in [-0.2, 0) is 24.2 Å². The first-order chi connectivity index (χ1) is 17.2. The lowest BCUT2D eigenvalue weighted by atomic mass is 9.99. The van der Waals surface area contributed by atoms with E-state index in [4.69, 9.17) is 4.98 Å². The molecule has 0 saturated heterocycles. The van der Waals surface area contributed by atoms with Crippen LogP contribution < -0.4 is 0 Å².